The van der Waals surface area contributed by atoms with E-state index in [0.717, 1.165) is 24.2 Å². The lowest BCUT2D eigenvalue weighted by molar-refractivity contribution is -0.136. The molecule has 0 bridgehead atoms. The lowest BCUT2D eigenvalue weighted by atomic mass is 10.1. The lowest BCUT2D eigenvalue weighted by Crippen LogP contribution is -2.41. The Morgan fingerprint density at radius 3 is 2.52 bits per heavy atom. The third-order valence-electron chi connectivity index (χ3n) is 4.94. The van der Waals surface area contributed by atoms with Crippen LogP contribution in [0.2, 0.25) is 0 Å². The number of hydrogen-bond donors (Lipinski definition) is 2. The Labute approximate surface area is 192 Å². The lowest BCUT2D eigenvalue weighted by Gasteiger charge is -2.27. The van der Waals surface area contributed by atoms with E-state index < -0.39 is 11.8 Å². The van der Waals surface area contributed by atoms with E-state index in [9.17, 15) is 14.4 Å². The molecule has 0 aliphatic carbocycles. The molecule has 1 aliphatic rings. The van der Waals surface area contributed by atoms with E-state index >= 15 is 0 Å². The van der Waals surface area contributed by atoms with Gasteiger partial charge in [-0.25, -0.2) is 5.43 Å². The van der Waals surface area contributed by atoms with Crippen LogP contribution in [-0.2, 0) is 14.3 Å². The highest BCUT2D eigenvalue weighted by atomic mass is 16.5. The van der Waals surface area contributed by atoms with Crippen LogP contribution >= 0.6 is 0 Å². The number of morpholine rings is 1. The zero-order chi connectivity index (χ0) is 23.5. The van der Waals surface area contributed by atoms with Gasteiger partial charge < -0.3 is 19.7 Å². The Balaban J connectivity index is 1.53. The Morgan fingerprint density at radius 1 is 1.06 bits per heavy atom. The molecular weight excluding hydrogens is 424 g/mol. The number of nitrogens with zero attached hydrogens (tertiary/aromatic N) is 2. The molecule has 1 fully saturated rings. The van der Waals surface area contributed by atoms with Gasteiger partial charge in [0.05, 0.1) is 37.3 Å². The summed E-state index contributed by atoms with van der Waals surface area (Å²) in [7, 11) is 0. The third kappa shape index (κ3) is 7.15. The molecule has 2 aromatic carbocycles. The number of amides is 3. The highest BCUT2D eigenvalue weighted by molar-refractivity contribution is 6.40. The average Bonchev–Trinajstić information content (AvgIpc) is 2.85. The van der Waals surface area contributed by atoms with Crippen LogP contribution < -0.4 is 15.5 Å². The first-order chi connectivity index (χ1) is 16.1. The summed E-state index contributed by atoms with van der Waals surface area (Å²) in [5.74, 6) is -1.34. The minimum absolute atomic E-state index is 0.227. The number of benzene rings is 2. The number of rotatable bonds is 8. The van der Waals surface area contributed by atoms with E-state index in [2.05, 4.69) is 22.8 Å². The van der Waals surface area contributed by atoms with Crippen LogP contribution in [0.3, 0.4) is 0 Å². The number of nitrogens with one attached hydrogen (secondary N) is 2. The summed E-state index contributed by atoms with van der Waals surface area (Å²) >= 11 is 0. The molecule has 0 spiro atoms. The molecule has 3 rings (SSSR count). The van der Waals surface area contributed by atoms with Gasteiger partial charge in [-0.2, -0.15) is 5.10 Å². The molecule has 1 heterocycles. The maximum atomic E-state index is 12.8. The van der Waals surface area contributed by atoms with Crippen LogP contribution in [-0.4, -0.2) is 61.7 Å². The van der Waals surface area contributed by atoms with Crippen molar-refractivity contribution in [2.75, 3.05) is 38.2 Å². The van der Waals surface area contributed by atoms with Crippen molar-refractivity contribution in [3.8, 4) is 5.75 Å². The van der Waals surface area contributed by atoms with Crippen LogP contribution in [0.25, 0.3) is 0 Å². The number of ether oxygens (including phenoxy) is 2. The van der Waals surface area contributed by atoms with Gasteiger partial charge in [-0.05, 0) is 48.4 Å². The predicted octanol–water partition coefficient (Wildman–Crippen LogP) is 2.43. The molecule has 0 atom stereocenters. The minimum atomic E-state index is -0.945. The monoisotopic (exact) mass is 452 g/mol. The molecular formula is C24H28N4O5. The highest BCUT2D eigenvalue weighted by Crippen LogP contribution is 2.18. The Hall–Kier alpha value is -3.72. The van der Waals surface area contributed by atoms with Crippen LogP contribution in [0.1, 0.15) is 35.7 Å². The second kappa shape index (κ2) is 12.4. The van der Waals surface area contributed by atoms with E-state index in [1.54, 1.807) is 41.3 Å². The maximum Gasteiger partial charge on any atom is 0.329 e. The number of carbonyl (C=O) groups is 3. The van der Waals surface area contributed by atoms with Gasteiger partial charge in [-0.15, -0.1) is 0 Å². The molecule has 174 valence electrons. The van der Waals surface area contributed by atoms with Crippen LogP contribution in [0.15, 0.2) is 53.6 Å². The molecule has 0 unspecified atom stereocenters. The molecule has 2 aromatic rings. The Morgan fingerprint density at radius 2 is 1.79 bits per heavy atom. The summed E-state index contributed by atoms with van der Waals surface area (Å²) in [6, 6.07) is 13.8. The van der Waals surface area contributed by atoms with Gasteiger partial charge in [0, 0.05) is 13.1 Å². The summed E-state index contributed by atoms with van der Waals surface area (Å²) in [6.45, 7) is 4.65. The second-order valence-electron chi connectivity index (χ2n) is 7.37. The van der Waals surface area contributed by atoms with Crippen LogP contribution in [0, 0.1) is 0 Å². The highest BCUT2D eigenvalue weighted by Gasteiger charge is 2.22. The maximum absolute atomic E-state index is 12.8. The van der Waals surface area contributed by atoms with Crippen molar-refractivity contribution in [2.24, 2.45) is 5.10 Å². The van der Waals surface area contributed by atoms with Gasteiger partial charge in [0.15, 0.2) is 0 Å². The number of hydrazone groups is 1. The molecule has 33 heavy (non-hydrogen) atoms. The van der Waals surface area contributed by atoms with Crippen LogP contribution in [0.4, 0.5) is 5.69 Å². The number of para-hydroxylation sites is 1. The molecule has 1 saturated heterocycles. The van der Waals surface area contributed by atoms with E-state index in [0.29, 0.717) is 38.5 Å². The third-order valence-corrected chi connectivity index (χ3v) is 4.94. The Kier molecular flexibility index (Phi) is 8.96. The topological polar surface area (TPSA) is 109 Å². The van der Waals surface area contributed by atoms with E-state index in [1.165, 1.54) is 6.21 Å². The molecule has 9 heteroatoms. The summed E-state index contributed by atoms with van der Waals surface area (Å²) in [6.07, 6.45) is 3.48. The van der Waals surface area contributed by atoms with Crippen molar-refractivity contribution in [1.82, 2.24) is 10.3 Å². The molecule has 0 aromatic heterocycles. The molecule has 9 nitrogen and oxygen atoms in total. The largest absolute Gasteiger partial charge is 0.494 e. The fourth-order valence-corrected chi connectivity index (χ4v) is 3.10. The fraction of sp³-hybridized carbons (Fsp3) is 0.333. The predicted molar refractivity (Wildman–Crippen MR) is 124 cm³/mol. The summed E-state index contributed by atoms with van der Waals surface area (Å²) < 4.78 is 10.9. The molecule has 1 aliphatic heterocycles. The van der Waals surface area contributed by atoms with Crippen molar-refractivity contribution in [3.05, 3.63) is 59.7 Å². The number of carbonyl (C=O) groups excluding carboxylic acids is 3. The van der Waals surface area contributed by atoms with Gasteiger partial charge in [0.2, 0.25) is 0 Å². The first kappa shape index (κ1) is 23.9. The van der Waals surface area contributed by atoms with Gasteiger partial charge in [0.25, 0.3) is 5.91 Å². The van der Waals surface area contributed by atoms with Gasteiger partial charge >= 0.3 is 11.8 Å². The molecule has 2 N–H and O–H groups in total. The van der Waals surface area contributed by atoms with Gasteiger partial charge in [0.1, 0.15) is 5.75 Å². The minimum Gasteiger partial charge on any atom is -0.494 e. The van der Waals surface area contributed by atoms with Gasteiger partial charge in [-0.3, -0.25) is 14.4 Å². The quantitative estimate of drug-likeness (QED) is 0.277. The standard InChI is InChI=1S/C24H28N4O5/c1-2-3-14-33-19-10-8-18(9-11-19)17-25-27-23(30)22(29)26-21-7-5-4-6-20(21)24(31)28-12-15-32-16-13-28/h4-11,17H,2-3,12-16H2,1H3,(H,26,29)(H,27,30)/b25-17-. The second-order valence-corrected chi connectivity index (χ2v) is 7.37. The van der Waals surface area contributed by atoms with Gasteiger partial charge in [-0.1, -0.05) is 25.5 Å². The summed E-state index contributed by atoms with van der Waals surface area (Å²) in [5.41, 5.74) is 3.50. The summed E-state index contributed by atoms with van der Waals surface area (Å²) in [5, 5.41) is 6.32. The van der Waals surface area contributed by atoms with Crippen molar-refractivity contribution < 1.29 is 23.9 Å². The number of hydrogen-bond acceptors (Lipinski definition) is 6. The van der Waals surface area contributed by atoms with E-state index in [1.807, 2.05) is 12.1 Å². The van der Waals surface area contributed by atoms with E-state index in [-0.39, 0.29) is 11.6 Å². The molecule has 3 amide bonds. The Bertz CT molecular complexity index is 985. The fourth-order valence-electron chi connectivity index (χ4n) is 3.10. The molecule has 0 radical (unpaired) electrons. The van der Waals surface area contributed by atoms with Crippen LogP contribution in [0.5, 0.6) is 5.75 Å². The SMILES string of the molecule is CCCCOc1ccc(/C=N\NC(=O)C(=O)Nc2ccccc2C(=O)N2CCOCC2)cc1. The smallest absolute Gasteiger partial charge is 0.329 e. The van der Waals surface area contributed by atoms with Crippen molar-refractivity contribution in [1.29, 1.82) is 0 Å². The number of anilines is 1. The zero-order valence-corrected chi connectivity index (χ0v) is 18.6. The van der Waals surface area contributed by atoms with Crippen molar-refractivity contribution in [2.45, 2.75) is 19.8 Å². The first-order valence-electron chi connectivity index (χ1n) is 10.9. The summed E-state index contributed by atoms with van der Waals surface area (Å²) in [4.78, 5) is 38.9. The molecule has 0 saturated carbocycles. The van der Waals surface area contributed by atoms with E-state index in [4.69, 9.17) is 9.47 Å². The average molecular weight is 453 g/mol. The normalized spacial score (nSPS) is 13.5. The van der Waals surface area contributed by atoms with Crippen molar-refractivity contribution in [3.63, 3.8) is 0 Å². The first-order valence-corrected chi connectivity index (χ1v) is 10.9. The number of unbranched alkanes of at least 4 members (excludes halogenated alkanes) is 1. The van der Waals surface area contributed by atoms with Crippen molar-refractivity contribution >= 4 is 29.6 Å². The zero-order valence-electron chi connectivity index (χ0n) is 18.6.